The number of rotatable bonds is 5. The van der Waals surface area contributed by atoms with E-state index in [9.17, 15) is 9.59 Å². The highest BCUT2D eigenvalue weighted by atomic mass is 16.4. The van der Waals surface area contributed by atoms with E-state index in [0.29, 0.717) is 5.56 Å². The third-order valence-electron chi connectivity index (χ3n) is 3.00. The van der Waals surface area contributed by atoms with Crippen molar-refractivity contribution in [2.75, 3.05) is 0 Å². The summed E-state index contributed by atoms with van der Waals surface area (Å²) in [7, 11) is 1.82. The lowest BCUT2D eigenvalue weighted by Crippen LogP contribution is -2.25. The van der Waals surface area contributed by atoms with E-state index in [4.69, 9.17) is 10.2 Å². The van der Waals surface area contributed by atoms with Gasteiger partial charge in [0.2, 0.25) is 0 Å². The maximum Gasteiger partial charge on any atom is 0.318 e. The molecule has 6 nitrogen and oxygen atoms in total. The number of hydrogen-bond acceptors (Lipinski definition) is 3. The number of nitrogens with zero attached hydrogens (tertiary/aromatic N) is 2. The lowest BCUT2D eigenvalue weighted by atomic mass is 9.98. The largest absolute Gasteiger partial charge is 0.481 e. The van der Waals surface area contributed by atoms with E-state index in [-0.39, 0.29) is 6.42 Å². The average Bonchev–Trinajstić information content (AvgIpc) is 2.82. The Balaban J connectivity index is 2.16. The Labute approximate surface area is 115 Å². The van der Waals surface area contributed by atoms with Crippen molar-refractivity contribution in [3.63, 3.8) is 0 Å². The molecule has 0 aliphatic rings. The second kappa shape index (κ2) is 5.56. The molecule has 0 saturated heterocycles. The lowest BCUT2D eigenvalue weighted by Gasteiger charge is -2.07. The molecule has 0 radical (unpaired) electrons. The van der Waals surface area contributed by atoms with Gasteiger partial charge < -0.3 is 10.2 Å². The molecule has 0 unspecified atom stereocenters. The Morgan fingerprint density at radius 1 is 1.15 bits per heavy atom. The molecule has 6 heteroatoms. The van der Waals surface area contributed by atoms with Gasteiger partial charge in [0.15, 0.2) is 5.92 Å². The molecule has 2 aromatic rings. The highest BCUT2D eigenvalue weighted by Crippen LogP contribution is 2.19. The third kappa shape index (κ3) is 3.03. The fourth-order valence-electron chi connectivity index (χ4n) is 1.90. The topological polar surface area (TPSA) is 92.4 Å². The minimum atomic E-state index is -1.42. The summed E-state index contributed by atoms with van der Waals surface area (Å²) in [6.07, 6.45) is 1.79. The molecule has 0 fully saturated rings. The van der Waals surface area contributed by atoms with Gasteiger partial charge >= 0.3 is 11.9 Å². The molecule has 2 rings (SSSR count). The molecule has 20 heavy (non-hydrogen) atoms. The number of carboxylic acids is 2. The SMILES string of the molecule is Cn1ccc(-c2ccc(CC(C(=O)O)C(=O)O)cc2)n1. The number of aryl methyl sites for hydroxylation is 1. The zero-order valence-electron chi connectivity index (χ0n) is 10.9. The number of aliphatic carboxylic acids is 2. The van der Waals surface area contributed by atoms with Crippen LogP contribution in [0.2, 0.25) is 0 Å². The minimum Gasteiger partial charge on any atom is -0.481 e. The van der Waals surface area contributed by atoms with Gasteiger partial charge in [0.25, 0.3) is 0 Å². The molecule has 0 saturated carbocycles. The maximum absolute atomic E-state index is 10.8. The lowest BCUT2D eigenvalue weighted by molar-refractivity contribution is -0.154. The van der Waals surface area contributed by atoms with Crippen molar-refractivity contribution in [3.8, 4) is 11.3 Å². The predicted octanol–water partition coefficient (Wildman–Crippen LogP) is 1.42. The standard InChI is InChI=1S/C14H14N2O4/c1-16-7-6-12(15-16)10-4-2-9(3-5-10)8-11(13(17)18)14(19)20/h2-7,11H,8H2,1H3,(H,17,18)(H,19,20). The van der Waals surface area contributed by atoms with Crippen LogP contribution in [0.4, 0.5) is 0 Å². The number of carboxylic acid groups (broad SMARTS) is 2. The number of carbonyl (C=O) groups is 2. The second-order valence-corrected chi connectivity index (χ2v) is 4.50. The van der Waals surface area contributed by atoms with Crippen molar-refractivity contribution < 1.29 is 19.8 Å². The smallest absolute Gasteiger partial charge is 0.318 e. The normalized spacial score (nSPS) is 10.7. The van der Waals surface area contributed by atoms with Crippen molar-refractivity contribution in [1.82, 2.24) is 9.78 Å². The summed E-state index contributed by atoms with van der Waals surface area (Å²) in [6.45, 7) is 0. The van der Waals surface area contributed by atoms with Gasteiger partial charge in [0, 0.05) is 18.8 Å². The van der Waals surface area contributed by atoms with Gasteiger partial charge in [-0.15, -0.1) is 0 Å². The Morgan fingerprint density at radius 2 is 1.75 bits per heavy atom. The summed E-state index contributed by atoms with van der Waals surface area (Å²) in [5.74, 6) is -4.08. The van der Waals surface area contributed by atoms with E-state index in [1.807, 2.05) is 19.3 Å². The number of hydrogen-bond donors (Lipinski definition) is 2. The zero-order chi connectivity index (χ0) is 14.7. The Hall–Kier alpha value is -2.63. The van der Waals surface area contributed by atoms with E-state index >= 15 is 0 Å². The Morgan fingerprint density at radius 3 is 2.20 bits per heavy atom. The molecule has 0 aliphatic heterocycles. The van der Waals surface area contributed by atoms with Crippen LogP contribution in [0.25, 0.3) is 11.3 Å². The summed E-state index contributed by atoms with van der Waals surface area (Å²) in [5.41, 5.74) is 2.38. The molecular weight excluding hydrogens is 260 g/mol. The maximum atomic E-state index is 10.8. The molecule has 1 aromatic carbocycles. The molecule has 1 aromatic heterocycles. The summed E-state index contributed by atoms with van der Waals surface area (Å²) >= 11 is 0. The van der Waals surface area contributed by atoms with Gasteiger partial charge in [-0.2, -0.15) is 5.10 Å². The molecule has 0 aliphatic carbocycles. The molecule has 1 heterocycles. The first kappa shape index (κ1) is 13.8. The van der Waals surface area contributed by atoms with Crippen molar-refractivity contribution in [3.05, 3.63) is 42.1 Å². The summed E-state index contributed by atoms with van der Waals surface area (Å²) in [6, 6.07) is 8.93. The number of aromatic nitrogens is 2. The fourth-order valence-corrected chi connectivity index (χ4v) is 1.90. The molecular formula is C14H14N2O4. The second-order valence-electron chi connectivity index (χ2n) is 4.50. The predicted molar refractivity (Wildman–Crippen MR) is 71.1 cm³/mol. The van der Waals surface area contributed by atoms with Crippen molar-refractivity contribution >= 4 is 11.9 Å². The van der Waals surface area contributed by atoms with E-state index in [0.717, 1.165) is 11.3 Å². The van der Waals surface area contributed by atoms with Crippen molar-refractivity contribution in [2.45, 2.75) is 6.42 Å². The van der Waals surface area contributed by atoms with E-state index in [1.54, 1.807) is 28.9 Å². The monoisotopic (exact) mass is 274 g/mol. The quantitative estimate of drug-likeness (QED) is 0.804. The van der Waals surface area contributed by atoms with Crippen LogP contribution in [0.3, 0.4) is 0 Å². The van der Waals surface area contributed by atoms with Gasteiger partial charge in [-0.05, 0) is 18.1 Å². The first-order valence-electron chi connectivity index (χ1n) is 6.02. The third-order valence-corrected chi connectivity index (χ3v) is 3.00. The van der Waals surface area contributed by atoms with Crippen LogP contribution in [-0.4, -0.2) is 31.9 Å². The van der Waals surface area contributed by atoms with Gasteiger partial charge in [-0.3, -0.25) is 14.3 Å². The fraction of sp³-hybridized carbons (Fsp3) is 0.214. The van der Waals surface area contributed by atoms with Gasteiger partial charge in [-0.1, -0.05) is 24.3 Å². The minimum absolute atomic E-state index is 0.0346. The van der Waals surface area contributed by atoms with E-state index in [2.05, 4.69) is 5.10 Å². The van der Waals surface area contributed by atoms with Crippen LogP contribution < -0.4 is 0 Å². The molecule has 0 amide bonds. The molecule has 0 bridgehead atoms. The number of benzene rings is 1. The average molecular weight is 274 g/mol. The molecule has 0 spiro atoms. The Kier molecular flexibility index (Phi) is 3.84. The van der Waals surface area contributed by atoms with Gasteiger partial charge in [-0.25, -0.2) is 0 Å². The zero-order valence-corrected chi connectivity index (χ0v) is 10.9. The van der Waals surface area contributed by atoms with Crippen LogP contribution in [0.15, 0.2) is 36.5 Å². The van der Waals surface area contributed by atoms with Crippen LogP contribution in [-0.2, 0) is 23.1 Å². The molecule has 0 atom stereocenters. The summed E-state index contributed by atoms with van der Waals surface area (Å²) < 4.78 is 1.69. The molecule has 2 N–H and O–H groups in total. The highest BCUT2D eigenvalue weighted by molar-refractivity contribution is 5.93. The van der Waals surface area contributed by atoms with Crippen LogP contribution in [0, 0.1) is 5.92 Å². The van der Waals surface area contributed by atoms with Crippen molar-refractivity contribution in [1.29, 1.82) is 0 Å². The van der Waals surface area contributed by atoms with Crippen LogP contribution in [0.5, 0.6) is 0 Å². The molecule has 104 valence electrons. The Bertz CT molecular complexity index is 617. The first-order chi connectivity index (χ1) is 9.47. The van der Waals surface area contributed by atoms with Crippen LogP contribution in [0.1, 0.15) is 5.56 Å². The summed E-state index contributed by atoms with van der Waals surface area (Å²) in [4.78, 5) is 21.7. The van der Waals surface area contributed by atoms with E-state index < -0.39 is 17.9 Å². The first-order valence-corrected chi connectivity index (χ1v) is 6.02. The van der Waals surface area contributed by atoms with Crippen LogP contribution >= 0.6 is 0 Å². The van der Waals surface area contributed by atoms with E-state index in [1.165, 1.54) is 0 Å². The highest BCUT2D eigenvalue weighted by Gasteiger charge is 2.25. The summed E-state index contributed by atoms with van der Waals surface area (Å²) in [5, 5.41) is 21.9. The van der Waals surface area contributed by atoms with Crippen molar-refractivity contribution in [2.24, 2.45) is 13.0 Å². The van der Waals surface area contributed by atoms with Gasteiger partial charge in [0.1, 0.15) is 0 Å². The van der Waals surface area contributed by atoms with Gasteiger partial charge in [0.05, 0.1) is 5.69 Å².